The molecule has 6 nitrogen and oxygen atoms in total. The Morgan fingerprint density at radius 2 is 2.11 bits per heavy atom. The maximum atomic E-state index is 11.9. The zero-order valence-corrected chi connectivity index (χ0v) is 12.0. The van der Waals surface area contributed by atoms with E-state index in [0.29, 0.717) is 11.3 Å². The summed E-state index contributed by atoms with van der Waals surface area (Å²) >= 11 is 0. The average molecular weight is 266 g/mol. The van der Waals surface area contributed by atoms with Crippen molar-refractivity contribution in [2.24, 2.45) is 0 Å². The number of carbonyl (C=O) groups excluding carboxylic acids is 2. The van der Waals surface area contributed by atoms with Crippen LogP contribution in [0.5, 0.6) is 0 Å². The van der Waals surface area contributed by atoms with E-state index in [1.54, 1.807) is 17.8 Å². The van der Waals surface area contributed by atoms with Crippen LogP contribution in [-0.2, 0) is 11.3 Å². The summed E-state index contributed by atoms with van der Waals surface area (Å²) in [7, 11) is 0. The smallest absolute Gasteiger partial charge is 0.255 e. The third-order valence-corrected chi connectivity index (χ3v) is 2.50. The van der Waals surface area contributed by atoms with Gasteiger partial charge in [-0.05, 0) is 27.2 Å². The normalized spacial score (nSPS) is 10.6. The maximum Gasteiger partial charge on any atom is 0.255 e. The first-order valence-electron chi connectivity index (χ1n) is 6.55. The Bertz CT molecular complexity index is 451. The molecule has 0 atom stereocenters. The van der Waals surface area contributed by atoms with Crippen molar-refractivity contribution in [3.63, 3.8) is 0 Å². The summed E-state index contributed by atoms with van der Waals surface area (Å²) in [6, 6.07) is 0.0680. The SMILES string of the molecule is CCCn1cc(C(=O)NCC(=O)NC(C)C)c(C)n1. The lowest BCUT2D eigenvalue weighted by molar-refractivity contribution is -0.120. The first-order valence-corrected chi connectivity index (χ1v) is 6.55. The van der Waals surface area contributed by atoms with Crippen LogP contribution in [0.25, 0.3) is 0 Å². The van der Waals surface area contributed by atoms with Gasteiger partial charge in [0.2, 0.25) is 5.91 Å². The minimum Gasteiger partial charge on any atom is -0.352 e. The Labute approximate surface area is 113 Å². The molecule has 1 aromatic heterocycles. The van der Waals surface area contributed by atoms with Crippen LogP contribution in [0.1, 0.15) is 43.2 Å². The van der Waals surface area contributed by atoms with Gasteiger partial charge in [-0.15, -0.1) is 0 Å². The van der Waals surface area contributed by atoms with Crippen molar-refractivity contribution < 1.29 is 9.59 Å². The fourth-order valence-electron chi connectivity index (χ4n) is 1.71. The highest BCUT2D eigenvalue weighted by Gasteiger charge is 2.14. The predicted octanol–water partition coefficient (Wildman–Crippen LogP) is 0.856. The Balaban J connectivity index is 2.56. The average Bonchev–Trinajstić information content (AvgIpc) is 2.67. The number of nitrogens with zero attached hydrogens (tertiary/aromatic N) is 2. The van der Waals surface area contributed by atoms with Gasteiger partial charge in [-0.2, -0.15) is 5.10 Å². The lowest BCUT2D eigenvalue weighted by atomic mass is 10.2. The van der Waals surface area contributed by atoms with Crippen LogP contribution in [0, 0.1) is 6.92 Å². The lowest BCUT2D eigenvalue weighted by Gasteiger charge is -2.08. The molecule has 0 aliphatic rings. The van der Waals surface area contributed by atoms with E-state index in [-0.39, 0.29) is 24.4 Å². The monoisotopic (exact) mass is 266 g/mol. The molecule has 0 saturated carbocycles. The number of hydrogen-bond donors (Lipinski definition) is 2. The number of amides is 2. The molecule has 6 heteroatoms. The number of nitrogens with one attached hydrogen (secondary N) is 2. The molecule has 1 rings (SSSR count). The van der Waals surface area contributed by atoms with Gasteiger partial charge in [0.15, 0.2) is 0 Å². The van der Waals surface area contributed by atoms with Gasteiger partial charge < -0.3 is 10.6 Å². The second kappa shape index (κ2) is 6.92. The molecular weight excluding hydrogens is 244 g/mol. The predicted molar refractivity (Wildman–Crippen MR) is 72.9 cm³/mol. The topological polar surface area (TPSA) is 76.0 Å². The zero-order chi connectivity index (χ0) is 14.4. The van der Waals surface area contributed by atoms with E-state index in [4.69, 9.17) is 0 Å². The van der Waals surface area contributed by atoms with Gasteiger partial charge in [0.05, 0.1) is 17.8 Å². The molecule has 0 fully saturated rings. The van der Waals surface area contributed by atoms with Crippen molar-refractivity contribution in [3.8, 4) is 0 Å². The summed E-state index contributed by atoms with van der Waals surface area (Å²) in [6.07, 6.45) is 2.67. The van der Waals surface area contributed by atoms with E-state index >= 15 is 0 Å². The van der Waals surface area contributed by atoms with Crippen molar-refractivity contribution >= 4 is 11.8 Å². The minimum atomic E-state index is -0.265. The molecule has 0 aliphatic heterocycles. The second-order valence-electron chi connectivity index (χ2n) is 4.80. The number of carbonyl (C=O) groups is 2. The van der Waals surface area contributed by atoms with Gasteiger partial charge in [-0.3, -0.25) is 14.3 Å². The summed E-state index contributed by atoms with van der Waals surface area (Å²) in [5, 5.41) is 9.56. The molecule has 0 bridgehead atoms. The fraction of sp³-hybridized carbons (Fsp3) is 0.615. The largest absolute Gasteiger partial charge is 0.352 e. The van der Waals surface area contributed by atoms with E-state index in [2.05, 4.69) is 15.7 Å². The van der Waals surface area contributed by atoms with Gasteiger partial charge in [0.25, 0.3) is 5.91 Å². The summed E-state index contributed by atoms with van der Waals surface area (Å²) in [4.78, 5) is 23.4. The Hall–Kier alpha value is -1.85. The Morgan fingerprint density at radius 3 is 2.68 bits per heavy atom. The molecule has 2 amide bonds. The van der Waals surface area contributed by atoms with E-state index in [0.717, 1.165) is 13.0 Å². The maximum absolute atomic E-state index is 11.9. The first-order chi connectivity index (χ1) is 8.93. The van der Waals surface area contributed by atoms with Gasteiger partial charge in [0, 0.05) is 18.8 Å². The van der Waals surface area contributed by atoms with Crippen LogP contribution in [-0.4, -0.2) is 34.2 Å². The third-order valence-electron chi connectivity index (χ3n) is 2.50. The van der Waals surface area contributed by atoms with Gasteiger partial charge >= 0.3 is 0 Å². The first kappa shape index (κ1) is 15.2. The Morgan fingerprint density at radius 1 is 1.42 bits per heavy atom. The standard InChI is InChI=1S/C13H22N4O2/c1-5-6-17-8-11(10(4)16-17)13(19)14-7-12(18)15-9(2)3/h8-9H,5-7H2,1-4H3,(H,14,19)(H,15,18). The molecule has 106 valence electrons. The van der Waals surface area contributed by atoms with Crippen LogP contribution < -0.4 is 10.6 Å². The number of aryl methyl sites for hydroxylation is 2. The van der Waals surface area contributed by atoms with E-state index in [1.165, 1.54) is 0 Å². The molecular formula is C13H22N4O2. The highest BCUT2D eigenvalue weighted by atomic mass is 16.2. The van der Waals surface area contributed by atoms with Crippen molar-refractivity contribution in [3.05, 3.63) is 17.5 Å². The van der Waals surface area contributed by atoms with Crippen LogP contribution in [0.3, 0.4) is 0 Å². The Kier molecular flexibility index (Phi) is 5.54. The molecule has 2 N–H and O–H groups in total. The summed E-state index contributed by atoms with van der Waals surface area (Å²) < 4.78 is 1.75. The van der Waals surface area contributed by atoms with Gasteiger partial charge in [0.1, 0.15) is 0 Å². The van der Waals surface area contributed by atoms with Crippen molar-refractivity contribution in [1.82, 2.24) is 20.4 Å². The van der Waals surface area contributed by atoms with Crippen molar-refractivity contribution in [1.29, 1.82) is 0 Å². The number of rotatable bonds is 6. The molecule has 0 spiro atoms. The molecule has 0 radical (unpaired) electrons. The van der Waals surface area contributed by atoms with E-state index in [9.17, 15) is 9.59 Å². The van der Waals surface area contributed by atoms with Crippen molar-refractivity contribution in [2.75, 3.05) is 6.54 Å². The highest BCUT2D eigenvalue weighted by molar-refractivity contribution is 5.97. The van der Waals surface area contributed by atoms with Crippen LogP contribution in [0.4, 0.5) is 0 Å². The van der Waals surface area contributed by atoms with Crippen LogP contribution in [0.2, 0.25) is 0 Å². The summed E-state index contributed by atoms with van der Waals surface area (Å²) in [6.45, 7) is 8.34. The fourth-order valence-corrected chi connectivity index (χ4v) is 1.71. The van der Waals surface area contributed by atoms with Crippen LogP contribution >= 0.6 is 0 Å². The molecule has 0 unspecified atom stereocenters. The highest BCUT2D eigenvalue weighted by Crippen LogP contribution is 2.05. The number of hydrogen-bond acceptors (Lipinski definition) is 3. The molecule has 0 aliphatic carbocycles. The van der Waals surface area contributed by atoms with Gasteiger partial charge in [-0.1, -0.05) is 6.92 Å². The van der Waals surface area contributed by atoms with Crippen molar-refractivity contribution in [2.45, 2.75) is 46.7 Å². The molecule has 0 saturated heterocycles. The lowest BCUT2D eigenvalue weighted by Crippen LogP contribution is -2.39. The molecule has 19 heavy (non-hydrogen) atoms. The van der Waals surface area contributed by atoms with E-state index in [1.807, 2.05) is 20.8 Å². The molecule has 0 aromatic carbocycles. The van der Waals surface area contributed by atoms with Gasteiger partial charge in [-0.25, -0.2) is 0 Å². The zero-order valence-electron chi connectivity index (χ0n) is 12.0. The quantitative estimate of drug-likeness (QED) is 0.801. The molecule has 1 aromatic rings. The minimum absolute atomic E-state index is 0.0184. The number of aromatic nitrogens is 2. The second-order valence-corrected chi connectivity index (χ2v) is 4.80. The van der Waals surface area contributed by atoms with Crippen LogP contribution in [0.15, 0.2) is 6.20 Å². The van der Waals surface area contributed by atoms with E-state index < -0.39 is 0 Å². The third kappa shape index (κ3) is 4.73. The summed E-state index contributed by atoms with van der Waals surface area (Å²) in [5.74, 6) is -0.458. The summed E-state index contributed by atoms with van der Waals surface area (Å²) in [5.41, 5.74) is 1.20. The molecule has 1 heterocycles.